The Morgan fingerprint density at radius 1 is 1.39 bits per heavy atom. The van der Waals surface area contributed by atoms with E-state index in [0.717, 1.165) is 29.1 Å². The first-order valence-corrected chi connectivity index (χ1v) is 8.65. The van der Waals surface area contributed by atoms with Crippen LogP contribution in [-0.2, 0) is 17.8 Å². The third-order valence-electron chi connectivity index (χ3n) is 3.81. The number of carbonyl (C=O) groups is 2. The number of fused-ring (bicyclic) bond motifs is 1. The molecule has 1 atom stereocenters. The largest absolute Gasteiger partial charge is 0.350 e. The lowest BCUT2D eigenvalue weighted by molar-refractivity contribution is -0.121. The summed E-state index contributed by atoms with van der Waals surface area (Å²) in [6.07, 6.45) is 2.29. The second-order valence-corrected chi connectivity index (χ2v) is 6.52. The fraction of sp³-hybridized carbons (Fsp3) is 0.353. The van der Waals surface area contributed by atoms with Crippen molar-refractivity contribution in [3.63, 3.8) is 0 Å². The summed E-state index contributed by atoms with van der Waals surface area (Å²) in [6, 6.07) is 7.14. The molecule has 5 nitrogen and oxygen atoms in total. The smallest absolute Gasteiger partial charge is 0.252 e. The first-order chi connectivity index (χ1) is 11.2. The molecule has 3 rings (SSSR count). The SMILES string of the molecule is CCCc1nc(CNC(=O)CC2NC(=O)c3ccccc32)cs1. The summed E-state index contributed by atoms with van der Waals surface area (Å²) >= 11 is 1.63. The molecule has 0 spiro atoms. The number of benzene rings is 1. The van der Waals surface area contributed by atoms with E-state index in [1.807, 2.05) is 23.6 Å². The molecule has 1 unspecified atom stereocenters. The number of nitrogens with one attached hydrogen (secondary N) is 2. The van der Waals surface area contributed by atoms with Gasteiger partial charge in [-0.05, 0) is 24.5 Å². The number of amides is 2. The van der Waals surface area contributed by atoms with Crippen LogP contribution in [0.25, 0.3) is 0 Å². The van der Waals surface area contributed by atoms with E-state index in [9.17, 15) is 9.59 Å². The van der Waals surface area contributed by atoms with Gasteiger partial charge < -0.3 is 10.6 Å². The molecule has 0 fully saturated rings. The molecule has 0 bridgehead atoms. The number of hydrogen-bond donors (Lipinski definition) is 2. The van der Waals surface area contributed by atoms with E-state index in [2.05, 4.69) is 22.5 Å². The van der Waals surface area contributed by atoms with E-state index >= 15 is 0 Å². The van der Waals surface area contributed by atoms with Gasteiger partial charge >= 0.3 is 0 Å². The van der Waals surface area contributed by atoms with Crippen molar-refractivity contribution in [2.24, 2.45) is 0 Å². The number of thiazole rings is 1. The average Bonchev–Trinajstić information content (AvgIpc) is 3.12. The van der Waals surface area contributed by atoms with Crippen LogP contribution in [0.15, 0.2) is 29.6 Å². The van der Waals surface area contributed by atoms with Crippen LogP contribution < -0.4 is 10.6 Å². The molecule has 2 amide bonds. The van der Waals surface area contributed by atoms with Gasteiger partial charge in [-0.15, -0.1) is 11.3 Å². The van der Waals surface area contributed by atoms with E-state index in [-0.39, 0.29) is 24.3 Å². The second kappa shape index (κ2) is 6.91. The molecule has 1 aliphatic rings. The van der Waals surface area contributed by atoms with Crippen molar-refractivity contribution in [3.05, 3.63) is 51.5 Å². The third kappa shape index (κ3) is 3.59. The fourth-order valence-electron chi connectivity index (χ4n) is 2.69. The van der Waals surface area contributed by atoms with Gasteiger partial charge in [-0.25, -0.2) is 4.98 Å². The van der Waals surface area contributed by atoms with Crippen molar-refractivity contribution >= 4 is 23.2 Å². The molecule has 2 aromatic rings. The third-order valence-corrected chi connectivity index (χ3v) is 4.76. The molecule has 2 N–H and O–H groups in total. The van der Waals surface area contributed by atoms with Gasteiger partial charge in [0, 0.05) is 10.9 Å². The number of aromatic nitrogens is 1. The highest BCUT2D eigenvalue weighted by molar-refractivity contribution is 7.09. The molecule has 1 aromatic heterocycles. The van der Waals surface area contributed by atoms with Crippen LogP contribution in [0, 0.1) is 0 Å². The number of carbonyl (C=O) groups excluding carboxylic acids is 2. The monoisotopic (exact) mass is 329 g/mol. The minimum atomic E-state index is -0.246. The van der Waals surface area contributed by atoms with Crippen LogP contribution in [0.2, 0.25) is 0 Å². The van der Waals surface area contributed by atoms with Crippen LogP contribution in [0.3, 0.4) is 0 Å². The normalized spacial score (nSPS) is 16.0. The van der Waals surface area contributed by atoms with Crippen molar-refractivity contribution < 1.29 is 9.59 Å². The Kier molecular flexibility index (Phi) is 4.71. The molecular weight excluding hydrogens is 310 g/mol. The molecule has 0 saturated heterocycles. The summed E-state index contributed by atoms with van der Waals surface area (Å²) in [7, 11) is 0. The molecule has 1 aromatic carbocycles. The topological polar surface area (TPSA) is 71.1 Å². The zero-order chi connectivity index (χ0) is 16.2. The van der Waals surface area contributed by atoms with E-state index in [4.69, 9.17) is 0 Å². The van der Waals surface area contributed by atoms with Gasteiger partial charge in [-0.3, -0.25) is 9.59 Å². The molecule has 0 radical (unpaired) electrons. The van der Waals surface area contributed by atoms with Crippen molar-refractivity contribution in [1.82, 2.24) is 15.6 Å². The van der Waals surface area contributed by atoms with E-state index in [1.165, 1.54) is 0 Å². The van der Waals surface area contributed by atoms with E-state index in [0.29, 0.717) is 12.1 Å². The minimum absolute atomic E-state index is 0.0861. The van der Waals surface area contributed by atoms with Gasteiger partial charge in [0.25, 0.3) is 5.91 Å². The number of nitrogens with zero attached hydrogens (tertiary/aromatic N) is 1. The summed E-state index contributed by atoms with van der Waals surface area (Å²) in [5.41, 5.74) is 2.45. The van der Waals surface area contributed by atoms with Crippen molar-refractivity contribution in [1.29, 1.82) is 0 Å². The Bertz CT molecular complexity index is 726. The number of rotatable bonds is 6. The molecule has 0 saturated carbocycles. The molecule has 0 aliphatic carbocycles. The van der Waals surface area contributed by atoms with Gasteiger partial charge in [0.2, 0.25) is 5.91 Å². The average molecular weight is 329 g/mol. The Morgan fingerprint density at radius 2 is 2.22 bits per heavy atom. The first kappa shape index (κ1) is 15.7. The highest BCUT2D eigenvalue weighted by Crippen LogP contribution is 2.27. The van der Waals surface area contributed by atoms with Crippen LogP contribution >= 0.6 is 11.3 Å². The highest BCUT2D eigenvalue weighted by Gasteiger charge is 2.29. The number of hydrogen-bond acceptors (Lipinski definition) is 4. The molecule has 120 valence electrons. The quantitative estimate of drug-likeness (QED) is 0.856. The predicted molar refractivity (Wildman–Crippen MR) is 89.2 cm³/mol. The van der Waals surface area contributed by atoms with Gasteiger partial charge in [-0.1, -0.05) is 25.1 Å². The molecule has 6 heteroatoms. The maximum absolute atomic E-state index is 12.1. The fourth-order valence-corrected chi connectivity index (χ4v) is 3.59. The second-order valence-electron chi connectivity index (χ2n) is 5.58. The zero-order valence-electron chi connectivity index (χ0n) is 13.0. The van der Waals surface area contributed by atoms with E-state index < -0.39 is 0 Å². The van der Waals surface area contributed by atoms with Crippen molar-refractivity contribution in [3.8, 4) is 0 Å². The van der Waals surface area contributed by atoms with Crippen molar-refractivity contribution in [2.45, 2.75) is 38.8 Å². The summed E-state index contributed by atoms with van der Waals surface area (Å²) in [5.74, 6) is -0.195. The standard InChI is InChI=1S/C17H19N3O2S/c1-2-5-16-19-11(10-23-16)9-18-15(21)8-14-12-6-3-4-7-13(12)17(22)20-14/h3-4,6-7,10,14H,2,5,8-9H2,1H3,(H,18,21)(H,20,22). The van der Waals surface area contributed by atoms with Gasteiger partial charge in [0.1, 0.15) is 0 Å². The molecule has 2 heterocycles. The summed E-state index contributed by atoms with van der Waals surface area (Å²) in [6.45, 7) is 2.55. The Morgan fingerprint density at radius 3 is 3.04 bits per heavy atom. The maximum atomic E-state index is 12.1. The van der Waals surface area contributed by atoms with Gasteiger partial charge in [0.05, 0.1) is 29.7 Å². The van der Waals surface area contributed by atoms with Crippen LogP contribution in [0.1, 0.15) is 52.4 Å². The van der Waals surface area contributed by atoms with Crippen molar-refractivity contribution in [2.75, 3.05) is 0 Å². The van der Waals surface area contributed by atoms with E-state index in [1.54, 1.807) is 17.4 Å². The molecule has 23 heavy (non-hydrogen) atoms. The minimum Gasteiger partial charge on any atom is -0.350 e. The maximum Gasteiger partial charge on any atom is 0.252 e. The Balaban J connectivity index is 1.55. The van der Waals surface area contributed by atoms with Gasteiger partial charge in [0.15, 0.2) is 0 Å². The Labute approximate surface area is 139 Å². The Hall–Kier alpha value is -2.21. The predicted octanol–water partition coefficient (Wildman–Crippen LogP) is 2.59. The summed E-state index contributed by atoms with van der Waals surface area (Å²) in [5, 5.41) is 8.83. The van der Waals surface area contributed by atoms with Gasteiger partial charge in [-0.2, -0.15) is 0 Å². The van der Waals surface area contributed by atoms with Crippen LogP contribution in [0.4, 0.5) is 0 Å². The lowest BCUT2D eigenvalue weighted by Crippen LogP contribution is -2.28. The van der Waals surface area contributed by atoms with Crippen LogP contribution in [0.5, 0.6) is 0 Å². The lowest BCUT2D eigenvalue weighted by atomic mass is 10.0. The lowest BCUT2D eigenvalue weighted by Gasteiger charge is -2.11. The first-order valence-electron chi connectivity index (χ1n) is 7.77. The summed E-state index contributed by atoms with van der Waals surface area (Å²) < 4.78 is 0. The summed E-state index contributed by atoms with van der Waals surface area (Å²) in [4.78, 5) is 28.5. The molecular formula is C17H19N3O2S. The molecule has 1 aliphatic heterocycles. The number of aryl methyl sites for hydroxylation is 1. The highest BCUT2D eigenvalue weighted by atomic mass is 32.1. The van der Waals surface area contributed by atoms with Crippen LogP contribution in [-0.4, -0.2) is 16.8 Å². The zero-order valence-corrected chi connectivity index (χ0v) is 13.8.